The van der Waals surface area contributed by atoms with Crippen LogP contribution in [0.3, 0.4) is 0 Å². The van der Waals surface area contributed by atoms with E-state index in [1.54, 1.807) is 24.3 Å². The van der Waals surface area contributed by atoms with Crippen molar-refractivity contribution < 1.29 is 32.2 Å². The van der Waals surface area contributed by atoms with Crippen molar-refractivity contribution in [1.29, 1.82) is 0 Å². The van der Waals surface area contributed by atoms with E-state index >= 15 is 0 Å². The number of sulfonamides is 1. The Morgan fingerprint density at radius 2 is 1.76 bits per heavy atom. The van der Waals surface area contributed by atoms with E-state index in [0.29, 0.717) is 17.2 Å². The number of hydrogen-bond acceptors (Lipinski definition) is 7. The minimum Gasteiger partial charge on any atom is -0.485 e. The number of ether oxygens (including phenoxy) is 3. The SMILES string of the molecule is CN(C)S(=O)(=O)c1ccc(NC(=O)COC(=O)[C@@H]2COc3ccccc3O2)cc1. The van der Waals surface area contributed by atoms with Gasteiger partial charge in [0.25, 0.3) is 5.91 Å². The Labute approximate surface area is 168 Å². The first-order valence-electron chi connectivity index (χ1n) is 8.65. The molecule has 0 unspecified atom stereocenters. The van der Waals surface area contributed by atoms with Gasteiger partial charge in [0.1, 0.15) is 6.61 Å². The fourth-order valence-electron chi connectivity index (χ4n) is 2.48. The van der Waals surface area contributed by atoms with Gasteiger partial charge in [-0.15, -0.1) is 0 Å². The lowest BCUT2D eigenvalue weighted by molar-refractivity contribution is -0.156. The van der Waals surface area contributed by atoms with E-state index in [0.717, 1.165) is 4.31 Å². The first-order chi connectivity index (χ1) is 13.8. The number of benzene rings is 2. The normalized spacial score (nSPS) is 15.6. The van der Waals surface area contributed by atoms with Crippen LogP contribution < -0.4 is 14.8 Å². The summed E-state index contributed by atoms with van der Waals surface area (Å²) >= 11 is 0. The molecule has 1 N–H and O–H groups in total. The first kappa shape index (κ1) is 20.6. The zero-order chi connectivity index (χ0) is 21.0. The van der Waals surface area contributed by atoms with Gasteiger partial charge in [-0.25, -0.2) is 17.5 Å². The van der Waals surface area contributed by atoms with Gasteiger partial charge in [0.15, 0.2) is 18.1 Å². The van der Waals surface area contributed by atoms with Crippen LogP contribution in [0.1, 0.15) is 0 Å². The van der Waals surface area contributed by atoms with Crippen LogP contribution >= 0.6 is 0 Å². The number of nitrogens with one attached hydrogen (secondary N) is 1. The van der Waals surface area contributed by atoms with E-state index in [1.807, 2.05) is 0 Å². The van der Waals surface area contributed by atoms with Crippen LogP contribution in [0.4, 0.5) is 5.69 Å². The van der Waals surface area contributed by atoms with Crippen LogP contribution in [-0.4, -0.2) is 58.0 Å². The number of esters is 1. The number of carbonyl (C=O) groups excluding carboxylic acids is 2. The molecule has 9 nitrogen and oxygen atoms in total. The molecular weight excluding hydrogens is 400 g/mol. The minimum absolute atomic E-state index is 0.0146. The van der Waals surface area contributed by atoms with Crippen LogP contribution in [0.2, 0.25) is 0 Å². The zero-order valence-electron chi connectivity index (χ0n) is 15.8. The quantitative estimate of drug-likeness (QED) is 0.700. The molecule has 0 radical (unpaired) electrons. The molecule has 29 heavy (non-hydrogen) atoms. The summed E-state index contributed by atoms with van der Waals surface area (Å²) in [5.74, 6) is -0.326. The molecule has 0 spiro atoms. The van der Waals surface area contributed by atoms with E-state index < -0.39 is 34.6 Å². The maximum Gasteiger partial charge on any atom is 0.351 e. The molecule has 1 amide bonds. The highest BCUT2D eigenvalue weighted by atomic mass is 32.2. The first-order valence-corrected chi connectivity index (χ1v) is 10.1. The highest BCUT2D eigenvalue weighted by Crippen LogP contribution is 2.31. The van der Waals surface area contributed by atoms with Gasteiger partial charge in [-0.2, -0.15) is 0 Å². The lowest BCUT2D eigenvalue weighted by Crippen LogP contribution is -2.39. The molecule has 1 aliphatic heterocycles. The maximum atomic E-state index is 12.1. The third-order valence-electron chi connectivity index (χ3n) is 4.03. The Kier molecular flexibility index (Phi) is 6.04. The monoisotopic (exact) mass is 420 g/mol. The Morgan fingerprint density at radius 3 is 2.41 bits per heavy atom. The fourth-order valence-corrected chi connectivity index (χ4v) is 3.39. The smallest absolute Gasteiger partial charge is 0.351 e. The summed E-state index contributed by atoms with van der Waals surface area (Å²) in [4.78, 5) is 24.2. The summed E-state index contributed by atoms with van der Waals surface area (Å²) < 4.78 is 41.1. The number of para-hydroxylation sites is 2. The van der Waals surface area contributed by atoms with Crippen molar-refractivity contribution in [2.75, 3.05) is 32.6 Å². The highest BCUT2D eigenvalue weighted by molar-refractivity contribution is 7.89. The number of rotatable bonds is 6. The lowest BCUT2D eigenvalue weighted by atomic mass is 10.2. The third-order valence-corrected chi connectivity index (χ3v) is 5.86. The highest BCUT2D eigenvalue weighted by Gasteiger charge is 2.29. The Hall–Kier alpha value is -3.11. The molecule has 0 saturated carbocycles. The van der Waals surface area contributed by atoms with Crippen LogP contribution in [0.15, 0.2) is 53.4 Å². The number of amides is 1. The molecule has 2 aromatic carbocycles. The van der Waals surface area contributed by atoms with Gasteiger partial charge in [-0.3, -0.25) is 4.79 Å². The molecule has 0 fully saturated rings. The van der Waals surface area contributed by atoms with E-state index in [2.05, 4.69) is 5.32 Å². The molecule has 0 aromatic heterocycles. The minimum atomic E-state index is -3.55. The predicted octanol–water partition coefficient (Wildman–Crippen LogP) is 1.26. The van der Waals surface area contributed by atoms with Crippen LogP contribution in [0.25, 0.3) is 0 Å². The molecule has 0 aliphatic carbocycles. The maximum absolute atomic E-state index is 12.1. The van der Waals surface area contributed by atoms with Gasteiger partial charge in [-0.1, -0.05) is 12.1 Å². The summed E-state index contributed by atoms with van der Waals surface area (Å²) in [5.41, 5.74) is 0.370. The van der Waals surface area contributed by atoms with Gasteiger partial charge >= 0.3 is 5.97 Å². The molecule has 1 heterocycles. The van der Waals surface area contributed by atoms with E-state index in [-0.39, 0.29) is 11.5 Å². The summed E-state index contributed by atoms with van der Waals surface area (Å²) in [6, 6.07) is 12.6. The van der Waals surface area contributed by atoms with Crippen molar-refractivity contribution in [1.82, 2.24) is 4.31 Å². The lowest BCUT2D eigenvalue weighted by Gasteiger charge is -2.24. The largest absolute Gasteiger partial charge is 0.485 e. The Balaban J connectivity index is 1.51. The van der Waals surface area contributed by atoms with E-state index in [1.165, 1.54) is 38.4 Å². The second kappa shape index (κ2) is 8.50. The van der Waals surface area contributed by atoms with Crippen molar-refractivity contribution in [3.05, 3.63) is 48.5 Å². The molecule has 1 aliphatic rings. The van der Waals surface area contributed by atoms with E-state index in [9.17, 15) is 18.0 Å². The standard InChI is InChI=1S/C19H20N2O7S/c1-21(2)29(24,25)14-9-7-13(8-10-14)20-18(22)12-27-19(23)17-11-26-15-5-3-4-6-16(15)28-17/h3-10,17H,11-12H2,1-2H3,(H,20,22)/t17-/m0/s1. The molecule has 0 saturated heterocycles. The van der Waals surface area contributed by atoms with Gasteiger partial charge in [0.2, 0.25) is 16.1 Å². The fraction of sp³-hybridized carbons (Fsp3) is 0.263. The number of anilines is 1. The molecule has 3 rings (SSSR count). The molecule has 154 valence electrons. The number of carbonyl (C=O) groups is 2. The Bertz CT molecular complexity index is 1000. The summed E-state index contributed by atoms with van der Waals surface area (Å²) in [6.07, 6.45) is -0.965. The average molecular weight is 420 g/mol. The van der Waals surface area contributed by atoms with Gasteiger partial charge in [-0.05, 0) is 36.4 Å². The second-order valence-electron chi connectivity index (χ2n) is 6.33. The topological polar surface area (TPSA) is 111 Å². The summed E-state index contributed by atoms with van der Waals surface area (Å²) in [6.45, 7) is -0.530. The molecule has 2 aromatic rings. The predicted molar refractivity (Wildman–Crippen MR) is 103 cm³/mol. The number of nitrogens with zero attached hydrogens (tertiary/aromatic N) is 1. The number of hydrogen-bond donors (Lipinski definition) is 1. The van der Waals surface area contributed by atoms with Crippen LogP contribution in [0, 0.1) is 0 Å². The van der Waals surface area contributed by atoms with Crippen molar-refractivity contribution in [2.45, 2.75) is 11.0 Å². The zero-order valence-corrected chi connectivity index (χ0v) is 16.6. The molecule has 10 heteroatoms. The van der Waals surface area contributed by atoms with Gasteiger partial charge < -0.3 is 19.5 Å². The van der Waals surface area contributed by atoms with Crippen LogP contribution in [-0.2, 0) is 24.3 Å². The summed E-state index contributed by atoms with van der Waals surface area (Å²) in [7, 11) is -0.693. The van der Waals surface area contributed by atoms with Gasteiger partial charge in [0, 0.05) is 19.8 Å². The molecular formula is C19H20N2O7S. The van der Waals surface area contributed by atoms with Crippen LogP contribution in [0.5, 0.6) is 11.5 Å². The summed E-state index contributed by atoms with van der Waals surface area (Å²) in [5, 5.41) is 2.53. The third kappa shape index (κ3) is 4.84. The average Bonchev–Trinajstić information content (AvgIpc) is 2.72. The van der Waals surface area contributed by atoms with Crippen molar-refractivity contribution in [3.8, 4) is 11.5 Å². The van der Waals surface area contributed by atoms with Gasteiger partial charge in [0.05, 0.1) is 4.90 Å². The van der Waals surface area contributed by atoms with Crippen molar-refractivity contribution >= 4 is 27.6 Å². The molecule has 0 bridgehead atoms. The Morgan fingerprint density at radius 1 is 1.10 bits per heavy atom. The number of fused-ring (bicyclic) bond motifs is 1. The van der Waals surface area contributed by atoms with E-state index in [4.69, 9.17) is 14.2 Å². The van der Waals surface area contributed by atoms with Crippen molar-refractivity contribution in [3.63, 3.8) is 0 Å². The van der Waals surface area contributed by atoms with Crippen molar-refractivity contribution in [2.24, 2.45) is 0 Å². The second-order valence-corrected chi connectivity index (χ2v) is 8.48. The molecule has 1 atom stereocenters.